The first kappa shape index (κ1) is 20.0. The Bertz CT molecular complexity index is 1240. The summed E-state index contributed by atoms with van der Waals surface area (Å²) in [6, 6.07) is 10.1. The van der Waals surface area contributed by atoms with Crippen molar-refractivity contribution in [2.24, 2.45) is 7.05 Å². The summed E-state index contributed by atoms with van der Waals surface area (Å²) in [5, 5.41) is 4.63. The van der Waals surface area contributed by atoms with Gasteiger partial charge in [0.05, 0.1) is 35.2 Å². The van der Waals surface area contributed by atoms with Crippen molar-refractivity contribution in [1.29, 1.82) is 0 Å². The van der Waals surface area contributed by atoms with E-state index in [4.69, 9.17) is 4.74 Å². The summed E-state index contributed by atoms with van der Waals surface area (Å²) in [4.78, 5) is 27.3. The van der Waals surface area contributed by atoms with Gasteiger partial charge in [-0.25, -0.2) is 4.68 Å². The molecule has 1 aromatic carbocycles. The first-order valence-corrected chi connectivity index (χ1v) is 11.6. The van der Waals surface area contributed by atoms with Gasteiger partial charge in [0, 0.05) is 43.5 Å². The van der Waals surface area contributed by atoms with Crippen LogP contribution < -0.4 is 5.56 Å². The molecule has 0 spiro atoms. The van der Waals surface area contributed by atoms with Crippen molar-refractivity contribution in [3.05, 3.63) is 64.2 Å². The summed E-state index contributed by atoms with van der Waals surface area (Å²) >= 11 is 0. The number of nitrogens with zero attached hydrogens (tertiary/aromatic N) is 4. The highest BCUT2D eigenvalue weighted by molar-refractivity contribution is 8.23. The summed E-state index contributed by atoms with van der Waals surface area (Å²) in [5.74, 6) is -0.353. The van der Waals surface area contributed by atoms with E-state index in [0.717, 1.165) is 0 Å². The molecule has 9 nitrogen and oxygen atoms in total. The number of aryl methyl sites for hydroxylation is 1. The molecule has 5 rings (SSSR count). The van der Waals surface area contributed by atoms with Gasteiger partial charge in [0.2, 0.25) is 5.56 Å². The lowest BCUT2D eigenvalue weighted by molar-refractivity contribution is 0.0298. The maximum Gasteiger partial charge on any atom is 0.274 e. The Morgan fingerprint density at radius 1 is 1.13 bits per heavy atom. The smallest absolute Gasteiger partial charge is 0.274 e. The van der Waals surface area contributed by atoms with Crippen LogP contribution >= 0.6 is 10.6 Å². The third kappa shape index (κ3) is 3.28. The van der Waals surface area contributed by atoms with Crippen LogP contribution in [0.4, 0.5) is 0 Å². The van der Waals surface area contributed by atoms with Crippen molar-refractivity contribution >= 4 is 16.5 Å². The van der Waals surface area contributed by atoms with E-state index in [9.17, 15) is 18.7 Å². The maximum absolute atomic E-state index is 13.3. The molecule has 2 aliphatic rings. The van der Waals surface area contributed by atoms with Gasteiger partial charge in [-0.1, -0.05) is 18.2 Å². The molecule has 0 atom stereocenters. The largest absolute Gasteiger partial charge is 0.378 e. The monoisotopic (exact) mass is 442 g/mol. The fourth-order valence-electron chi connectivity index (χ4n) is 4.07. The van der Waals surface area contributed by atoms with E-state index >= 15 is 0 Å². The molecule has 1 saturated heterocycles. The van der Waals surface area contributed by atoms with Crippen LogP contribution in [-0.4, -0.2) is 60.6 Å². The summed E-state index contributed by atoms with van der Waals surface area (Å²) in [5.41, 5.74) is 2.39. The van der Waals surface area contributed by atoms with Gasteiger partial charge in [-0.2, -0.15) is 15.7 Å². The zero-order valence-corrected chi connectivity index (χ0v) is 17.7. The second-order valence-corrected chi connectivity index (χ2v) is 9.70. The van der Waals surface area contributed by atoms with Crippen LogP contribution in [0.3, 0.4) is 0 Å². The number of ether oxygens (including phenoxy) is 1. The molecule has 10 heteroatoms. The van der Waals surface area contributed by atoms with E-state index in [1.54, 1.807) is 47.1 Å². The number of fused-ring (bicyclic) bond motifs is 3. The molecule has 2 aliphatic heterocycles. The second-order valence-electron chi connectivity index (χ2n) is 7.64. The second kappa shape index (κ2) is 7.34. The van der Waals surface area contributed by atoms with Crippen LogP contribution in [0.15, 0.2) is 52.3 Å². The summed E-state index contributed by atoms with van der Waals surface area (Å²) in [6.45, 7) is 1.81. The average molecular weight is 442 g/mol. The molecular weight excluding hydrogens is 420 g/mol. The van der Waals surface area contributed by atoms with E-state index in [2.05, 4.69) is 5.10 Å². The molecule has 0 radical (unpaired) electrons. The molecule has 3 aromatic rings. The molecule has 1 amide bonds. The lowest BCUT2D eigenvalue weighted by atomic mass is 10.0. The minimum Gasteiger partial charge on any atom is -0.378 e. The molecule has 0 bridgehead atoms. The predicted molar refractivity (Wildman–Crippen MR) is 116 cm³/mol. The topological polar surface area (TPSA) is 110 Å². The molecule has 0 saturated carbocycles. The Morgan fingerprint density at radius 2 is 1.87 bits per heavy atom. The Morgan fingerprint density at radius 3 is 2.61 bits per heavy atom. The number of hydrogen-bond acceptors (Lipinski definition) is 6. The van der Waals surface area contributed by atoms with E-state index in [1.165, 1.54) is 10.6 Å². The minimum absolute atomic E-state index is 0.0868. The van der Waals surface area contributed by atoms with Gasteiger partial charge in [-0.15, -0.1) is 0 Å². The van der Waals surface area contributed by atoms with E-state index < -0.39 is 10.6 Å². The Hall–Kier alpha value is -2.92. The van der Waals surface area contributed by atoms with Gasteiger partial charge in [-0.05, 0) is 12.1 Å². The van der Waals surface area contributed by atoms with Crippen molar-refractivity contribution in [2.75, 3.05) is 26.3 Å². The standard InChI is InChI=1S/C21H22N4O5S/c1-23-12-14(6-7-18(23)26)25-20-15-4-2-3-5-17(15)31(28,29)13-16(20)19(22-25)21(27)24-8-10-30-11-9-24/h2-7,12,28-29H,8-11,13H2,1H3. The van der Waals surface area contributed by atoms with Crippen LogP contribution in [-0.2, 0) is 17.5 Å². The quantitative estimate of drug-likeness (QED) is 0.630. The normalized spacial score (nSPS) is 18.2. The zero-order valence-electron chi connectivity index (χ0n) is 16.9. The van der Waals surface area contributed by atoms with Gasteiger partial charge in [0.25, 0.3) is 5.91 Å². The van der Waals surface area contributed by atoms with E-state index in [1.807, 2.05) is 6.07 Å². The summed E-state index contributed by atoms with van der Waals surface area (Å²) in [7, 11) is -1.48. The number of amides is 1. The van der Waals surface area contributed by atoms with Crippen LogP contribution in [0.25, 0.3) is 16.9 Å². The maximum atomic E-state index is 13.3. The fourth-order valence-corrected chi connectivity index (χ4v) is 5.71. The number of benzene rings is 1. The number of carbonyl (C=O) groups is 1. The summed E-state index contributed by atoms with van der Waals surface area (Å²) in [6.07, 6.45) is 1.65. The molecule has 0 aliphatic carbocycles. The molecule has 2 aromatic heterocycles. The minimum atomic E-state index is -3.13. The molecular formula is C21H22N4O5S. The van der Waals surface area contributed by atoms with Gasteiger partial charge in [-0.3, -0.25) is 18.7 Å². The average Bonchev–Trinajstić information content (AvgIpc) is 3.14. The summed E-state index contributed by atoms with van der Waals surface area (Å²) < 4.78 is 30.1. The first-order valence-electron chi connectivity index (χ1n) is 9.88. The highest BCUT2D eigenvalue weighted by Gasteiger charge is 2.37. The van der Waals surface area contributed by atoms with Crippen molar-refractivity contribution in [2.45, 2.75) is 10.6 Å². The van der Waals surface area contributed by atoms with Crippen LogP contribution in [0.1, 0.15) is 16.1 Å². The number of aromatic nitrogens is 3. The first-order chi connectivity index (χ1) is 14.9. The highest BCUT2D eigenvalue weighted by Crippen LogP contribution is 2.59. The van der Waals surface area contributed by atoms with Gasteiger partial charge in [0.15, 0.2) is 5.69 Å². The van der Waals surface area contributed by atoms with Crippen molar-refractivity contribution in [1.82, 2.24) is 19.2 Å². The van der Waals surface area contributed by atoms with Gasteiger partial charge >= 0.3 is 0 Å². The lowest BCUT2D eigenvalue weighted by Crippen LogP contribution is -2.41. The molecule has 31 heavy (non-hydrogen) atoms. The van der Waals surface area contributed by atoms with Gasteiger partial charge in [0.1, 0.15) is 0 Å². The number of rotatable bonds is 2. The molecule has 4 heterocycles. The van der Waals surface area contributed by atoms with Gasteiger partial charge < -0.3 is 14.2 Å². The van der Waals surface area contributed by atoms with Crippen molar-refractivity contribution < 1.29 is 18.6 Å². The number of pyridine rings is 1. The Labute approximate surface area is 179 Å². The Balaban J connectivity index is 1.75. The van der Waals surface area contributed by atoms with Crippen LogP contribution in [0.5, 0.6) is 0 Å². The zero-order chi connectivity index (χ0) is 21.8. The van der Waals surface area contributed by atoms with E-state index in [-0.39, 0.29) is 22.9 Å². The third-order valence-corrected chi connectivity index (χ3v) is 7.39. The molecule has 2 N–H and O–H groups in total. The molecule has 162 valence electrons. The lowest BCUT2D eigenvalue weighted by Gasteiger charge is -2.38. The van der Waals surface area contributed by atoms with Crippen LogP contribution in [0, 0.1) is 0 Å². The third-order valence-electron chi connectivity index (χ3n) is 5.64. The molecule has 0 unspecified atom stereocenters. The highest BCUT2D eigenvalue weighted by atomic mass is 32.3. The van der Waals surface area contributed by atoms with E-state index in [0.29, 0.717) is 53.7 Å². The Kier molecular flexibility index (Phi) is 4.74. The number of morpholine rings is 1. The van der Waals surface area contributed by atoms with Crippen molar-refractivity contribution in [3.63, 3.8) is 0 Å². The van der Waals surface area contributed by atoms with Crippen molar-refractivity contribution in [3.8, 4) is 16.9 Å². The fraction of sp³-hybridized carbons (Fsp3) is 0.286. The number of carbonyl (C=O) groups excluding carboxylic acids is 1. The molecule has 1 fully saturated rings. The predicted octanol–water partition coefficient (Wildman–Crippen LogP) is 2.33. The van der Waals surface area contributed by atoms with Crippen LogP contribution in [0.2, 0.25) is 0 Å². The SMILES string of the molecule is Cn1cc(-n2nc(C(=O)N3CCOCC3)c3c2-c2ccccc2S(O)(O)C3)ccc1=O. The number of hydrogen-bond donors (Lipinski definition) is 2.